The third-order valence-electron chi connectivity index (χ3n) is 7.62. The molecule has 1 aliphatic heterocycles. The van der Waals surface area contributed by atoms with Crippen LogP contribution in [0.3, 0.4) is 0 Å². The van der Waals surface area contributed by atoms with Crippen LogP contribution in [0.5, 0.6) is 0 Å². The predicted molar refractivity (Wildman–Crippen MR) is 134 cm³/mol. The third kappa shape index (κ3) is 3.89. The van der Waals surface area contributed by atoms with Crippen molar-refractivity contribution >= 4 is 23.3 Å². The Hall–Kier alpha value is -2.82. The molecule has 182 valence electrons. The smallest absolute Gasteiger partial charge is 0.333 e. The van der Waals surface area contributed by atoms with Crippen LogP contribution in [0, 0.1) is 17.8 Å². The lowest BCUT2D eigenvalue weighted by atomic mass is 9.70. The van der Waals surface area contributed by atoms with Crippen molar-refractivity contribution < 1.29 is 19.1 Å². The molecule has 0 unspecified atom stereocenters. The molecule has 3 atom stereocenters. The van der Waals surface area contributed by atoms with Gasteiger partial charge in [0.15, 0.2) is 0 Å². The first-order chi connectivity index (χ1) is 16.4. The number of benzene rings is 2. The second kappa shape index (κ2) is 9.81. The van der Waals surface area contributed by atoms with E-state index in [4.69, 9.17) is 9.47 Å². The van der Waals surface area contributed by atoms with Crippen molar-refractivity contribution in [2.24, 2.45) is 17.8 Å². The minimum atomic E-state index is -1.66. The summed E-state index contributed by atoms with van der Waals surface area (Å²) in [6, 6.07) is 15.3. The Balaban J connectivity index is 1.90. The van der Waals surface area contributed by atoms with E-state index >= 15 is 0 Å². The summed E-state index contributed by atoms with van der Waals surface area (Å²) in [5.74, 6) is 0.0609. The Morgan fingerprint density at radius 2 is 1.56 bits per heavy atom. The molecular weight excluding hydrogens is 426 g/mol. The van der Waals surface area contributed by atoms with Crippen LogP contribution in [0.1, 0.15) is 65.0 Å². The third-order valence-corrected chi connectivity index (χ3v) is 7.62. The van der Waals surface area contributed by atoms with Crippen LogP contribution in [0.25, 0.3) is 0 Å². The lowest BCUT2D eigenvalue weighted by molar-refractivity contribution is -0.170. The number of carbonyl (C=O) groups is 2. The van der Waals surface area contributed by atoms with E-state index in [0.29, 0.717) is 29.5 Å². The van der Waals surface area contributed by atoms with Gasteiger partial charge in [-0.1, -0.05) is 63.6 Å². The van der Waals surface area contributed by atoms with Gasteiger partial charge in [0.2, 0.25) is 5.41 Å². The van der Waals surface area contributed by atoms with Gasteiger partial charge in [-0.15, -0.1) is 0 Å². The number of carbonyl (C=O) groups excluding carboxylic acids is 2. The monoisotopic (exact) mass is 463 g/mol. The topological polar surface area (TPSA) is 55.8 Å². The molecule has 4 rings (SSSR count). The summed E-state index contributed by atoms with van der Waals surface area (Å²) in [5.41, 5.74) is 1.28. The first-order valence-corrected chi connectivity index (χ1v) is 12.7. The first-order valence-electron chi connectivity index (χ1n) is 12.7. The Labute approximate surface area is 203 Å². The number of hydrogen-bond acceptors (Lipinski definition) is 5. The maximum Gasteiger partial charge on any atom is 0.333 e. The van der Waals surface area contributed by atoms with Crippen molar-refractivity contribution in [3.05, 3.63) is 59.7 Å². The summed E-state index contributed by atoms with van der Waals surface area (Å²) >= 11 is 0. The number of esters is 2. The Kier molecular flexibility index (Phi) is 7.01. The number of nitrogens with zero attached hydrogens (tertiary/aromatic N) is 1. The van der Waals surface area contributed by atoms with Gasteiger partial charge in [-0.25, -0.2) is 0 Å². The molecule has 5 heteroatoms. The fourth-order valence-corrected chi connectivity index (χ4v) is 5.91. The summed E-state index contributed by atoms with van der Waals surface area (Å²) in [5, 5.41) is 0. The summed E-state index contributed by atoms with van der Waals surface area (Å²) in [7, 11) is 0. The van der Waals surface area contributed by atoms with E-state index in [9.17, 15) is 9.59 Å². The number of ether oxygens (including phenoxy) is 2. The molecular formula is C29H37NO4. The van der Waals surface area contributed by atoms with Gasteiger partial charge in [0.05, 0.1) is 6.61 Å². The van der Waals surface area contributed by atoms with Crippen LogP contribution in [0.2, 0.25) is 0 Å². The van der Waals surface area contributed by atoms with Crippen LogP contribution in [-0.2, 0) is 24.5 Å². The average molecular weight is 464 g/mol. The molecule has 1 saturated carbocycles. The Morgan fingerprint density at radius 3 is 2.09 bits per heavy atom. The zero-order chi connectivity index (χ0) is 24.5. The van der Waals surface area contributed by atoms with Gasteiger partial charge < -0.3 is 14.4 Å². The van der Waals surface area contributed by atoms with Crippen LogP contribution in [0.4, 0.5) is 11.4 Å². The second-order valence-electron chi connectivity index (χ2n) is 10.0. The van der Waals surface area contributed by atoms with Gasteiger partial charge >= 0.3 is 11.9 Å². The van der Waals surface area contributed by atoms with E-state index in [-0.39, 0.29) is 18.6 Å². The highest BCUT2D eigenvalue weighted by Gasteiger charge is 2.58. The fraction of sp³-hybridized carbons (Fsp3) is 0.517. The van der Waals surface area contributed by atoms with Crippen molar-refractivity contribution in [3.8, 4) is 0 Å². The molecule has 34 heavy (non-hydrogen) atoms. The summed E-state index contributed by atoms with van der Waals surface area (Å²) in [6.45, 7) is 11.3. The molecule has 2 aromatic rings. The second-order valence-corrected chi connectivity index (χ2v) is 10.0. The molecule has 0 radical (unpaired) electrons. The van der Waals surface area contributed by atoms with Crippen molar-refractivity contribution in [1.82, 2.24) is 0 Å². The molecule has 1 heterocycles. The van der Waals surface area contributed by atoms with E-state index in [1.54, 1.807) is 6.92 Å². The Bertz CT molecular complexity index is 998. The molecule has 0 bridgehead atoms. The molecule has 0 spiro atoms. The van der Waals surface area contributed by atoms with Crippen molar-refractivity contribution in [1.29, 1.82) is 0 Å². The van der Waals surface area contributed by atoms with E-state index in [1.807, 2.05) is 48.5 Å². The van der Waals surface area contributed by atoms with Crippen LogP contribution < -0.4 is 4.90 Å². The van der Waals surface area contributed by atoms with Gasteiger partial charge in [-0.2, -0.15) is 0 Å². The molecule has 0 saturated heterocycles. The van der Waals surface area contributed by atoms with Crippen LogP contribution >= 0.6 is 0 Å². The zero-order valence-electron chi connectivity index (χ0n) is 21.0. The first kappa shape index (κ1) is 24.3. The highest BCUT2D eigenvalue weighted by atomic mass is 16.6. The maximum atomic E-state index is 14.4. The van der Waals surface area contributed by atoms with Crippen molar-refractivity contribution in [3.63, 3.8) is 0 Å². The quantitative estimate of drug-likeness (QED) is 0.388. The fourth-order valence-electron chi connectivity index (χ4n) is 5.91. The minimum Gasteiger partial charge on any atom is -0.465 e. The average Bonchev–Trinajstić information content (AvgIpc) is 2.82. The summed E-state index contributed by atoms with van der Waals surface area (Å²) < 4.78 is 12.0. The minimum absolute atomic E-state index is 0.185. The number of hydrogen-bond donors (Lipinski definition) is 0. The number of rotatable bonds is 6. The van der Waals surface area contributed by atoms with Crippen molar-refractivity contribution in [2.45, 2.75) is 65.4 Å². The van der Waals surface area contributed by atoms with Crippen LogP contribution in [0.15, 0.2) is 48.5 Å². The Morgan fingerprint density at radius 1 is 0.971 bits per heavy atom. The van der Waals surface area contributed by atoms with E-state index in [1.165, 1.54) is 0 Å². The molecule has 1 fully saturated rings. The molecule has 5 nitrogen and oxygen atoms in total. The largest absolute Gasteiger partial charge is 0.465 e. The molecule has 1 aliphatic carbocycles. The zero-order valence-corrected chi connectivity index (χ0v) is 21.0. The molecule has 0 N–H and O–H groups in total. The molecule has 0 amide bonds. The van der Waals surface area contributed by atoms with E-state index in [0.717, 1.165) is 30.6 Å². The van der Waals surface area contributed by atoms with Crippen molar-refractivity contribution in [2.75, 3.05) is 18.1 Å². The van der Waals surface area contributed by atoms with Gasteiger partial charge in [0.25, 0.3) is 0 Å². The number of para-hydroxylation sites is 2. The predicted octanol–water partition coefficient (Wildman–Crippen LogP) is 6.01. The molecule has 2 aromatic carbocycles. The number of anilines is 2. The molecule has 0 aromatic heterocycles. The highest BCUT2D eigenvalue weighted by molar-refractivity contribution is 6.14. The summed E-state index contributed by atoms with van der Waals surface area (Å²) in [6.07, 6.45) is 2.76. The van der Waals surface area contributed by atoms with E-state index < -0.39 is 17.4 Å². The highest BCUT2D eigenvalue weighted by Crippen LogP contribution is 2.51. The molecule has 2 aliphatic rings. The summed E-state index contributed by atoms with van der Waals surface area (Å²) in [4.78, 5) is 30.4. The SMILES string of the molecule is CCOC(=O)C1(C(=O)O[C@@H]2C[C@H](C)CC[C@H]2C(C)C)c2ccccc2N(CC)c2ccccc21. The lowest BCUT2D eigenvalue weighted by Gasteiger charge is -2.43. The van der Waals surface area contributed by atoms with Crippen LogP contribution in [-0.4, -0.2) is 31.2 Å². The lowest BCUT2D eigenvalue weighted by Crippen LogP contribution is -2.52. The number of fused-ring (bicyclic) bond motifs is 2. The van der Waals surface area contributed by atoms with Gasteiger partial charge in [-0.3, -0.25) is 9.59 Å². The van der Waals surface area contributed by atoms with Gasteiger partial charge in [0, 0.05) is 29.0 Å². The normalized spacial score (nSPS) is 23.1. The van der Waals surface area contributed by atoms with E-state index in [2.05, 4.69) is 32.6 Å². The maximum absolute atomic E-state index is 14.4. The van der Waals surface area contributed by atoms with Gasteiger partial charge in [0.1, 0.15) is 6.10 Å². The standard InChI is InChI=1S/C29H37NO4/c1-6-30-24-14-10-8-12-22(24)29(27(31)33-7-2,23-13-9-11-15-25(23)30)28(32)34-26-18-20(5)16-17-21(26)19(3)4/h8-15,19-21,26H,6-7,16-18H2,1-5H3/t20-,21+,26-/m1/s1. The van der Waals surface area contributed by atoms with Gasteiger partial charge in [-0.05, 0) is 56.6 Å².